The summed E-state index contributed by atoms with van der Waals surface area (Å²) in [7, 11) is 0. The van der Waals surface area contributed by atoms with Crippen LogP contribution in [0.25, 0.3) is 0 Å². The molecular formula is C21H28N2O3. The van der Waals surface area contributed by atoms with Gasteiger partial charge in [0.2, 0.25) is 5.91 Å². The summed E-state index contributed by atoms with van der Waals surface area (Å²) in [5, 5.41) is 0. The van der Waals surface area contributed by atoms with Crippen molar-refractivity contribution in [2.45, 2.75) is 45.4 Å². The van der Waals surface area contributed by atoms with Gasteiger partial charge in [-0.1, -0.05) is 0 Å². The molecule has 6 rings (SSSR count). The lowest BCUT2D eigenvalue weighted by Crippen LogP contribution is -2.58. The van der Waals surface area contributed by atoms with Crippen LogP contribution in [0, 0.1) is 30.1 Å². The van der Waals surface area contributed by atoms with Gasteiger partial charge in [-0.15, -0.1) is 0 Å². The highest BCUT2D eigenvalue weighted by Crippen LogP contribution is 2.60. The van der Waals surface area contributed by atoms with Gasteiger partial charge < -0.3 is 14.2 Å². The molecule has 0 radical (unpaired) electrons. The zero-order valence-corrected chi connectivity index (χ0v) is 15.6. The summed E-state index contributed by atoms with van der Waals surface area (Å²) in [6.07, 6.45) is 7.42. The monoisotopic (exact) mass is 356 g/mol. The summed E-state index contributed by atoms with van der Waals surface area (Å²) in [6, 6.07) is 3.56. The van der Waals surface area contributed by atoms with Gasteiger partial charge in [-0.3, -0.25) is 9.59 Å². The van der Waals surface area contributed by atoms with E-state index < -0.39 is 0 Å². The molecule has 5 fully saturated rings. The predicted molar refractivity (Wildman–Crippen MR) is 96.5 cm³/mol. The Morgan fingerprint density at radius 1 is 0.923 bits per heavy atom. The summed E-state index contributed by atoms with van der Waals surface area (Å²) in [4.78, 5) is 29.8. The Bertz CT molecular complexity index is 694. The van der Waals surface area contributed by atoms with Crippen molar-refractivity contribution in [3.8, 4) is 0 Å². The van der Waals surface area contributed by atoms with Gasteiger partial charge in [0.25, 0.3) is 5.91 Å². The molecule has 4 aliphatic carbocycles. The van der Waals surface area contributed by atoms with E-state index in [-0.39, 0.29) is 11.3 Å². The van der Waals surface area contributed by atoms with Gasteiger partial charge >= 0.3 is 0 Å². The Morgan fingerprint density at radius 2 is 1.46 bits per heavy atom. The zero-order valence-electron chi connectivity index (χ0n) is 15.6. The number of carbonyl (C=O) groups excluding carboxylic acids is 2. The Hall–Kier alpha value is -1.78. The molecule has 0 N–H and O–H groups in total. The largest absolute Gasteiger partial charge is 0.456 e. The molecule has 2 heterocycles. The van der Waals surface area contributed by atoms with Crippen molar-refractivity contribution in [3.05, 3.63) is 23.7 Å². The van der Waals surface area contributed by atoms with Crippen LogP contribution >= 0.6 is 0 Å². The van der Waals surface area contributed by atoms with Crippen LogP contribution in [-0.4, -0.2) is 47.8 Å². The molecule has 0 unspecified atom stereocenters. The van der Waals surface area contributed by atoms with E-state index in [0.717, 1.165) is 42.8 Å². The molecule has 4 saturated carbocycles. The number of amides is 2. The molecule has 1 saturated heterocycles. The van der Waals surface area contributed by atoms with Crippen molar-refractivity contribution in [1.82, 2.24) is 9.80 Å². The highest BCUT2D eigenvalue weighted by Gasteiger charge is 2.55. The average molecular weight is 356 g/mol. The molecule has 5 heteroatoms. The van der Waals surface area contributed by atoms with Crippen LogP contribution in [-0.2, 0) is 4.79 Å². The van der Waals surface area contributed by atoms with Crippen molar-refractivity contribution in [3.63, 3.8) is 0 Å². The van der Waals surface area contributed by atoms with E-state index in [1.807, 2.05) is 22.8 Å². The fraction of sp³-hybridized carbons (Fsp3) is 0.714. The summed E-state index contributed by atoms with van der Waals surface area (Å²) < 4.78 is 5.47. The second kappa shape index (κ2) is 5.86. The third-order valence-electron chi connectivity index (χ3n) is 7.30. The Morgan fingerprint density at radius 3 is 1.96 bits per heavy atom. The molecule has 0 atom stereocenters. The molecule has 1 aromatic rings. The maximum absolute atomic E-state index is 13.4. The van der Waals surface area contributed by atoms with Gasteiger partial charge in [0.05, 0.1) is 5.41 Å². The van der Waals surface area contributed by atoms with Crippen LogP contribution in [0.3, 0.4) is 0 Å². The van der Waals surface area contributed by atoms with Gasteiger partial charge in [-0.05, 0) is 75.3 Å². The van der Waals surface area contributed by atoms with E-state index in [9.17, 15) is 9.59 Å². The Labute approximate surface area is 154 Å². The molecule has 0 spiro atoms. The van der Waals surface area contributed by atoms with Crippen LogP contribution in [0.4, 0.5) is 0 Å². The highest BCUT2D eigenvalue weighted by atomic mass is 16.3. The molecule has 2 amide bonds. The smallest absolute Gasteiger partial charge is 0.289 e. The van der Waals surface area contributed by atoms with Gasteiger partial charge in [0.1, 0.15) is 5.76 Å². The standard InChI is InChI=1S/C21H28N2O3/c1-14-2-3-18(26-14)19(24)22-4-6-23(7-5-22)20(25)21-11-15-8-16(12-21)10-17(9-15)13-21/h2-3,15-17H,4-13H2,1H3. The minimum absolute atomic E-state index is 0.0556. The molecule has 1 aliphatic heterocycles. The Kier molecular flexibility index (Phi) is 3.70. The van der Waals surface area contributed by atoms with Crippen LogP contribution in [0.1, 0.15) is 54.8 Å². The molecule has 0 aromatic carbocycles. The number of hydrogen-bond donors (Lipinski definition) is 0. The lowest BCUT2D eigenvalue weighted by molar-refractivity contribution is -0.159. The van der Waals surface area contributed by atoms with Gasteiger partial charge in [0.15, 0.2) is 5.76 Å². The number of aryl methyl sites for hydroxylation is 1. The average Bonchev–Trinajstić information content (AvgIpc) is 3.06. The lowest BCUT2D eigenvalue weighted by atomic mass is 9.49. The number of nitrogens with zero attached hydrogens (tertiary/aromatic N) is 2. The summed E-state index contributed by atoms with van der Waals surface area (Å²) in [5.74, 6) is 3.85. The van der Waals surface area contributed by atoms with Gasteiger partial charge in [-0.25, -0.2) is 0 Å². The van der Waals surface area contributed by atoms with E-state index in [1.54, 1.807) is 6.07 Å². The van der Waals surface area contributed by atoms with E-state index in [1.165, 1.54) is 19.3 Å². The molecule has 140 valence electrons. The molecular weight excluding hydrogens is 328 g/mol. The van der Waals surface area contributed by atoms with Crippen LogP contribution in [0.15, 0.2) is 16.5 Å². The van der Waals surface area contributed by atoms with Crippen molar-refractivity contribution >= 4 is 11.8 Å². The number of carbonyl (C=O) groups is 2. The van der Waals surface area contributed by atoms with Crippen LogP contribution < -0.4 is 0 Å². The molecule has 5 nitrogen and oxygen atoms in total. The van der Waals surface area contributed by atoms with Crippen molar-refractivity contribution in [2.24, 2.45) is 23.2 Å². The second-order valence-corrected chi connectivity index (χ2v) is 9.19. The van der Waals surface area contributed by atoms with Crippen LogP contribution in [0.2, 0.25) is 0 Å². The first kappa shape index (κ1) is 16.4. The van der Waals surface area contributed by atoms with E-state index >= 15 is 0 Å². The number of piperazine rings is 1. The van der Waals surface area contributed by atoms with Crippen LogP contribution in [0.5, 0.6) is 0 Å². The summed E-state index contributed by atoms with van der Waals surface area (Å²) in [5.41, 5.74) is -0.0704. The summed E-state index contributed by atoms with van der Waals surface area (Å²) >= 11 is 0. The molecule has 5 aliphatic rings. The Balaban J connectivity index is 1.24. The zero-order chi connectivity index (χ0) is 17.9. The van der Waals surface area contributed by atoms with Crippen molar-refractivity contribution in [1.29, 1.82) is 0 Å². The molecule has 26 heavy (non-hydrogen) atoms. The minimum Gasteiger partial charge on any atom is -0.456 e. The third-order valence-corrected chi connectivity index (χ3v) is 7.30. The van der Waals surface area contributed by atoms with Gasteiger partial charge in [0, 0.05) is 26.2 Å². The third kappa shape index (κ3) is 2.58. The first-order chi connectivity index (χ1) is 12.5. The predicted octanol–water partition coefficient (Wildman–Crippen LogP) is 3.09. The highest BCUT2D eigenvalue weighted by molar-refractivity contribution is 5.92. The fourth-order valence-electron chi connectivity index (χ4n) is 6.53. The topological polar surface area (TPSA) is 53.8 Å². The van der Waals surface area contributed by atoms with Crippen molar-refractivity contribution in [2.75, 3.05) is 26.2 Å². The number of furan rings is 1. The second-order valence-electron chi connectivity index (χ2n) is 9.19. The van der Waals surface area contributed by atoms with Crippen molar-refractivity contribution < 1.29 is 14.0 Å². The number of rotatable bonds is 2. The maximum atomic E-state index is 13.4. The first-order valence-electron chi connectivity index (χ1n) is 10.2. The molecule has 1 aromatic heterocycles. The van der Waals surface area contributed by atoms with Gasteiger partial charge in [-0.2, -0.15) is 0 Å². The van der Waals surface area contributed by atoms with E-state index in [2.05, 4.69) is 0 Å². The normalized spacial score (nSPS) is 35.8. The fourth-order valence-corrected chi connectivity index (χ4v) is 6.53. The molecule has 4 bridgehead atoms. The summed E-state index contributed by atoms with van der Waals surface area (Å²) in [6.45, 7) is 4.38. The number of hydrogen-bond acceptors (Lipinski definition) is 3. The minimum atomic E-state index is -0.0704. The first-order valence-corrected chi connectivity index (χ1v) is 10.2. The van der Waals surface area contributed by atoms with E-state index in [0.29, 0.717) is 37.8 Å². The van der Waals surface area contributed by atoms with E-state index in [4.69, 9.17) is 4.42 Å². The lowest BCUT2D eigenvalue weighted by Gasteiger charge is -2.57. The maximum Gasteiger partial charge on any atom is 0.289 e. The SMILES string of the molecule is Cc1ccc(C(=O)N2CCN(C(=O)C34CC5CC(CC(C5)C3)C4)CC2)o1. The quantitative estimate of drug-likeness (QED) is 0.818.